The van der Waals surface area contributed by atoms with Gasteiger partial charge in [0.05, 0.1) is 18.8 Å². The van der Waals surface area contributed by atoms with Gasteiger partial charge in [-0.05, 0) is 56.4 Å². The van der Waals surface area contributed by atoms with E-state index < -0.39 is 0 Å². The second kappa shape index (κ2) is 9.89. The predicted molar refractivity (Wildman–Crippen MR) is 114 cm³/mol. The lowest BCUT2D eigenvalue weighted by atomic mass is 10.1. The monoisotopic (exact) mass is 413 g/mol. The zero-order valence-corrected chi connectivity index (χ0v) is 18.3. The van der Waals surface area contributed by atoms with Crippen LogP contribution in [0.25, 0.3) is 0 Å². The molecule has 0 aliphatic heterocycles. The summed E-state index contributed by atoms with van der Waals surface area (Å²) < 4.78 is 12.8. The van der Waals surface area contributed by atoms with Gasteiger partial charge in [-0.2, -0.15) is 5.10 Å². The van der Waals surface area contributed by atoms with Crippen LogP contribution in [0, 0.1) is 6.92 Å². The molecule has 0 atom stereocenters. The molecule has 0 saturated heterocycles. The van der Waals surface area contributed by atoms with Crippen molar-refractivity contribution in [3.63, 3.8) is 0 Å². The van der Waals surface area contributed by atoms with Crippen molar-refractivity contribution in [2.24, 2.45) is 7.05 Å². The van der Waals surface area contributed by atoms with E-state index in [-0.39, 0.29) is 25.0 Å². The topological polar surface area (TPSA) is 73.7 Å². The summed E-state index contributed by atoms with van der Waals surface area (Å²) in [6.45, 7) is 7.20. The number of carbonyl (C=O) groups is 2. The van der Waals surface area contributed by atoms with Crippen molar-refractivity contribution in [3.05, 3.63) is 46.8 Å². The fraction of sp³-hybridized carbons (Fsp3) is 0.522. The Balaban J connectivity index is 1.58. The number of hydrogen-bond acceptors (Lipinski definition) is 5. The normalized spacial score (nSPS) is 13.3. The number of amides is 2. The van der Waals surface area contributed by atoms with E-state index in [9.17, 15) is 9.59 Å². The molecule has 1 aromatic carbocycles. The first-order chi connectivity index (χ1) is 14.4. The molecule has 0 spiro atoms. The number of carbonyl (C=O) groups excluding carboxylic acids is 2. The average Bonchev–Trinajstić information content (AvgIpc) is 3.48. The molecule has 1 aliphatic rings. The summed E-state index contributed by atoms with van der Waals surface area (Å²) in [6, 6.07) is 7.84. The molecule has 3 rings (SSSR count). The molecule has 7 nitrogen and oxygen atoms in total. The van der Waals surface area contributed by atoms with Crippen LogP contribution in [0.2, 0.25) is 0 Å². The van der Waals surface area contributed by atoms with Crippen LogP contribution >= 0.6 is 0 Å². The second-order valence-electron chi connectivity index (χ2n) is 7.72. The first-order valence-electron chi connectivity index (χ1n) is 10.6. The maximum Gasteiger partial charge on any atom is 0.278 e. The number of imide groups is 1. The molecule has 1 aromatic heterocycles. The van der Waals surface area contributed by atoms with E-state index in [0.29, 0.717) is 24.8 Å². The van der Waals surface area contributed by atoms with Crippen molar-refractivity contribution in [1.82, 2.24) is 14.7 Å². The smallest absolute Gasteiger partial charge is 0.278 e. The Hall–Kier alpha value is -2.67. The fourth-order valence-corrected chi connectivity index (χ4v) is 3.42. The lowest BCUT2D eigenvalue weighted by Crippen LogP contribution is -2.39. The average molecular weight is 414 g/mol. The Labute approximate surface area is 178 Å². The minimum absolute atomic E-state index is 0.184. The molecule has 1 saturated carbocycles. The first kappa shape index (κ1) is 22.0. The number of rotatable bonds is 10. The van der Waals surface area contributed by atoms with Crippen molar-refractivity contribution in [2.75, 3.05) is 26.4 Å². The molecule has 162 valence electrons. The molecule has 2 amide bonds. The minimum Gasteiger partial charge on any atom is -0.491 e. The predicted octanol–water partition coefficient (Wildman–Crippen LogP) is 3.25. The van der Waals surface area contributed by atoms with Gasteiger partial charge in [0.2, 0.25) is 5.91 Å². The standard InChI is InChI=1S/C23H31N3O4/c1-5-29-12-10-18-6-9-22(16(2)14-18)30-13-11-26(17(3)27)23(28)21-15-20(19-7-8-19)24-25(21)4/h6,9,14-15,19H,5,7-8,10-13H2,1-4H3. The Morgan fingerprint density at radius 2 is 2.00 bits per heavy atom. The first-order valence-corrected chi connectivity index (χ1v) is 10.6. The van der Waals surface area contributed by atoms with E-state index in [1.165, 1.54) is 17.4 Å². The van der Waals surface area contributed by atoms with Crippen LogP contribution in [-0.4, -0.2) is 52.9 Å². The van der Waals surface area contributed by atoms with Gasteiger partial charge in [0.1, 0.15) is 18.1 Å². The van der Waals surface area contributed by atoms with Gasteiger partial charge in [-0.1, -0.05) is 12.1 Å². The lowest BCUT2D eigenvalue weighted by Gasteiger charge is -2.20. The number of hydrogen-bond donors (Lipinski definition) is 0. The molecule has 0 radical (unpaired) electrons. The third kappa shape index (κ3) is 5.48. The molecule has 30 heavy (non-hydrogen) atoms. The third-order valence-electron chi connectivity index (χ3n) is 5.29. The summed E-state index contributed by atoms with van der Waals surface area (Å²) >= 11 is 0. The number of aryl methyl sites for hydroxylation is 2. The number of nitrogens with zero attached hydrogens (tertiary/aromatic N) is 3. The summed E-state index contributed by atoms with van der Waals surface area (Å²) in [4.78, 5) is 26.3. The van der Waals surface area contributed by atoms with E-state index >= 15 is 0 Å². The molecule has 1 fully saturated rings. The van der Waals surface area contributed by atoms with Gasteiger partial charge in [0, 0.05) is 26.5 Å². The molecule has 1 heterocycles. The van der Waals surface area contributed by atoms with Crippen LogP contribution in [0.15, 0.2) is 24.3 Å². The third-order valence-corrected chi connectivity index (χ3v) is 5.29. The van der Waals surface area contributed by atoms with Crippen LogP contribution in [-0.2, 0) is 23.0 Å². The molecular weight excluding hydrogens is 382 g/mol. The van der Waals surface area contributed by atoms with Crippen LogP contribution in [0.3, 0.4) is 0 Å². The highest BCUT2D eigenvalue weighted by Crippen LogP contribution is 2.39. The summed E-state index contributed by atoms with van der Waals surface area (Å²) in [6.07, 6.45) is 3.08. The maximum absolute atomic E-state index is 12.9. The number of aromatic nitrogens is 2. The quantitative estimate of drug-likeness (QED) is 0.559. The van der Waals surface area contributed by atoms with Crippen LogP contribution < -0.4 is 4.74 Å². The van der Waals surface area contributed by atoms with Crippen LogP contribution in [0.5, 0.6) is 5.75 Å². The molecule has 1 aliphatic carbocycles. The fourth-order valence-electron chi connectivity index (χ4n) is 3.42. The van der Waals surface area contributed by atoms with Crippen LogP contribution in [0.1, 0.15) is 59.9 Å². The van der Waals surface area contributed by atoms with Crippen molar-refractivity contribution >= 4 is 11.8 Å². The second-order valence-corrected chi connectivity index (χ2v) is 7.72. The Morgan fingerprint density at radius 3 is 2.63 bits per heavy atom. The molecule has 7 heteroatoms. The Kier molecular flexibility index (Phi) is 7.26. The zero-order valence-electron chi connectivity index (χ0n) is 18.3. The number of ether oxygens (including phenoxy) is 2. The van der Waals surface area contributed by atoms with Crippen molar-refractivity contribution in [2.45, 2.75) is 46.0 Å². The maximum atomic E-state index is 12.9. The molecule has 2 aromatic rings. The highest BCUT2D eigenvalue weighted by atomic mass is 16.5. The van der Waals surface area contributed by atoms with Gasteiger partial charge < -0.3 is 9.47 Å². The van der Waals surface area contributed by atoms with Crippen molar-refractivity contribution in [1.29, 1.82) is 0 Å². The highest BCUT2D eigenvalue weighted by Gasteiger charge is 2.30. The summed E-state index contributed by atoms with van der Waals surface area (Å²) in [5, 5.41) is 4.43. The van der Waals surface area contributed by atoms with Crippen molar-refractivity contribution in [3.8, 4) is 5.75 Å². The van der Waals surface area contributed by atoms with E-state index in [1.54, 1.807) is 11.7 Å². The van der Waals surface area contributed by atoms with Crippen LogP contribution in [0.4, 0.5) is 0 Å². The van der Waals surface area contributed by atoms with Gasteiger partial charge in [-0.3, -0.25) is 19.2 Å². The lowest BCUT2D eigenvalue weighted by molar-refractivity contribution is -0.126. The number of benzene rings is 1. The summed E-state index contributed by atoms with van der Waals surface area (Å²) in [7, 11) is 1.74. The Bertz CT molecular complexity index is 902. The van der Waals surface area contributed by atoms with Crippen molar-refractivity contribution < 1.29 is 19.1 Å². The SMILES string of the molecule is CCOCCc1ccc(OCCN(C(C)=O)C(=O)c2cc(C3CC3)nn2C)c(C)c1. The zero-order chi connectivity index (χ0) is 21.7. The van der Waals surface area contributed by atoms with Gasteiger partial charge in [-0.15, -0.1) is 0 Å². The molecule has 0 unspecified atom stereocenters. The molecule has 0 bridgehead atoms. The minimum atomic E-state index is -0.337. The van der Waals surface area contributed by atoms with Gasteiger partial charge in [0.25, 0.3) is 5.91 Å². The summed E-state index contributed by atoms with van der Waals surface area (Å²) in [5.74, 6) is 0.561. The Morgan fingerprint density at radius 1 is 1.23 bits per heavy atom. The van der Waals surface area contributed by atoms with Gasteiger partial charge >= 0.3 is 0 Å². The summed E-state index contributed by atoms with van der Waals surface area (Å²) in [5.41, 5.74) is 3.57. The van der Waals surface area contributed by atoms with Gasteiger partial charge in [0.15, 0.2) is 0 Å². The largest absolute Gasteiger partial charge is 0.491 e. The molecule has 0 N–H and O–H groups in total. The highest BCUT2D eigenvalue weighted by molar-refractivity contribution is 6.03. The van der Waals surface area contributed by atoms with E-state index in [1.807, 2.05) is 32.0 Å². The van der Waals surface area contributed by atoms with Gasteiger partial charge in [-0.25, -0.2) is 0 Å². The van der Waals surface area contributed by atoms with E-state index in [2.05, 4.69) is 11.2 Å². The molecular formula is C23H31N3O4. The van der Waals surface area contributed by atoms with E-state index in [0.717, 1.165) is 36.3 Å². The van der Waals surface area contributed by atoms with E-state index in [4.69, 9.17) is 9.47 Å².